The van der Waals surface area contributed by atoms with Gasteiger partial charge in [0.15, 0.2) is 5.89 Å². The number of hydrogen-bond donors (Lipinski definition) is 1. The smallest absolute Gasteiger partial charge is 0.194 e. The topological polar surface area (TPSA) is 38.1 Å². The summed E-state index contributed by atoms with van der Waals surface area (Å²) in [5.41, 5.74) is 0. The van der Waals surface area contributed by atoms with E-state index in [0.29, 0.717) is 0 Å². The molecule has 1 N–H and O–H groups in total. The van der Waals surface area contributed by atoms with Crippen molar-refractivity contribution in [1.82, 2.24) is 10.3 Å². The molecule has 1 heterocycles. The summed E-state index contributed by atoms with van der Waals surface area (Å²) in [6.45, 7) is 8.78. The maximum absolute atomic E-state index is 5.67. The summed E-state index contributed by atoms with van der Waals surface area (Å²) < 4.78 is 5.67. The molecule has 0 unspecified atom stereocenters. The summed E-state index contributed by atoms with van der Waals surface area (Å²) in [6.07, 6.45) is 7.33. The Bertz CT molecular complexity index is 294. The number of nitrogens with zero attached hydrogens (tertiary/aromatic N) is 1. The van der Waals surface area contributed by atoms with E-state index < -0.39 is 0 Å². The minimum atomic E-state index is 0.720. The van der Waals surface area contributed by atoms with Gasteiger partial charge in [-0.15, -0.1) is 0 Å². The second kappa shape index (κ2) is 8.29. The molecule has 0 saturated heterocycles. The van der Waals surface area contributed by atoms with Crippen LogP contribution >= 0.6 is 0 Å². The van der Waals surface area contributed by atoms with Crippen molar-refractivity contribution in [3.8, 4) is 0 Å². The number of aryl methyl sites for hydroxylation is 2. The SMILES string of the molecule is CCCCc1cnc(CCCNCC(C)C)o1. The monoisotopic (exact) mass is 238 g/mol. The summed E-state index contributed by atoms with van der Waals surface area (Å²) in [5.74, 6) is 2.65. The highest BCUT2D eigenvalue weighted by atomic mass is 16.4. The Hall–Kier alpha value is -0.830. The summed E-state index contributed by atoms with van der Waals surface area (Å²) in [7, 11) is 0. The van der Waals surface area contributed by atoms with Crippen molar-refractivity contribution in [3.05, 3.63) is 17.8 Å². The second-order valence-corrected chi connectivity index (χ2v) is 5.03. The lowest BCUT2D eigenvalue weighted by molar-refractivity contribution is 0.439. The maximum Gasteiger partial charge on any atom is 0.194 e. The van der Waals surface area contributed by atoms with Crippen molar-refractivity contribution in [2.45, 2.75) is 52.9 Å². The predicted octanol–water partition coefficient (Wildman–Crippen LogP) is 3.20. The van der Waals surface area contributed by atoms with E-state index >= 15 is 0 Å². The van der Waals surface area contributed by atoms with Gasteiger partial charge < -0.3 is 9.73 Å². The summed E-state index contributed by atoms with van der Waals surface area (Å²) >= 11 is 0. The van der Waals surface area contributed by atoms with Gasteiger partial charge in [-0.1, -0.05) is 27.2 Å². The molecule has 1 rings (SSSR count). The third-order valence-corrected chi connectivity index (χ3v) is 2.67. The van der Waals surface area contributed by atoms with Crippen LogP contribution in [0.3, 0.4) is 0 Å². The van der Waals surface area contributed by atoms with Crippen LogP contribution in [0, 0.1) is 5.92 Å². The first kappa shape index (κ1) is 14.2. The average molecular weight is 238 g/mol. The maximum atomic E-state index is 5.67. The zero-order valence-corrected chi connectivity index (χ0v) is 11.5. The van der Waals surface area contributed by atoms with E-state index in [0.717, 1.165) is 49.9 Å². The molecular weight excluding hydrogens is 212 g/mol. The summed E-state index contributed by atoms with van der Waals surface area (Å²) in [4.78, 5) is 4.31. The van der Waals surface area contributed by atoms with Crippen LogP contribution in [0.15, 0.2) is 10.6 Å². The van der Waals surface area contributed by atoms with Crippen molar-refractivity contribution in [3.63, 3.8) is 0 Å². The second-order valence-electron chi connectivity index (χ2n) is 5.03. The standard InChI is InChI=1S/C14H26N2O/c1-4-5-7-13-11-16-14(17-13)8-6-9-15-10-12(2)3/h11-12,15H,4-10H2,1-3H3. The Kier molecular flexibility index (Phi) is 6.94. The Labute approximate surface area is 105 Å². The van der Waals surface area contributed by atoms with E-state index in [2.05, 4.69) is 31.1 Å². The van der Waals surface area contributed by atoms with Crippen LogP contribution in [0.25, 0.3) is 0 Å². The van der Waals surface area contributed by atoms with Crippen molar-refractivity contribution in [1.29, 1.82) is 0 Å². The molecule has 0 radical (unpaired) electrons. The van der Waals surface area contributed by atoms with E-state index in [1.165, 1.54) is 12.8 Å². The molecular formula is C14H26N2O. The molecule has 0 aromatic carbocycles. The third-order valence-electron chi connectivity index (χ3n) is 2.67. The van der Waals surface area contributed by atoms with Crippen LogP contribution in [0.5, 0.6) is 0 Å². The van der Waals surface area contributed by atoms with Crippen LogP contribution in [-0.2, 0) is 12.8 Å². The highest BCUT2D eigenvalue weighted by Gasteiger charge is 2.03. The van der Waals surface area contributed by atoms with Gasteiger partial charge in [0, 0.05) is 12.8 Å². The lowest BCUT2D eigenvalue weighted by atomic mass is 10.2. The summed E-state index contributed by atoms with van der Waals surface area (Å²) in [5, 5.41) is 3.43. The number of nitrogens with one attached hydrogen (secondary N) is 1. The van der Waals surface area contributed by atoms with Crippen LogP contribution in [-0.4, -0.2) is 18.1 Å². The molecule has 3 heteroatoms. The molecule has 0 aliphatic rings. The van der Waals surface area contributed by atoms with Gasteiger partial charge in [-0.2, -0.15) is 0 Å². The first-order valence-electron chi connectivity index (χ1n) is 6.86. The van der Waals surface area contributed by atoms with Crippen molar-refractivity contribution in [2.75, 3.05) is 13.1 Å². The Morgan fingerprint density at radius 2 is 2.12 bits per heavy atom. The normalized spacial score (nSPS) is 11.3. The van der Waals surface area contributed by atoms with Crippen LogP contribution in [0.1, 0.15) is 51.7 Å². The lowest BCUT2D eigenvalue weighted by Crippen LogP contribution is -2.21. The zero-order valence-electron chi connectivity index (χ0n) is 11.5. The minimum absolute atomic E-state index is 0.720. The number of hydrogen-bond acceptors (Lipinski definition) is 3. The lowest BCUT2D eigenvalue weighted by Gasteiger charge is -2.05. The molecule has 0 aliphatic carbocycles. The predicted molar refractivity (Wildman–Crippen MR) is 71.1 cm³/mol. The fourth-order valence-corrected chi connectivity index (χ4v) is 1.69. The van der Waals surface area contributed by atoms with Crippen molar-refractivity contribution >= 4 is 0 Å². The number of oxazole rings is 1. The molecule has 0 saturated carbocycles. The van der Waals surface area contributed by atoms with E-state index in [-0.39, 0.29) is 0 Å². The largest absolute Gasteiger partial charge is 0.446 e. The molecule has 0 atom stereocenters. The van der Waals surface area contributed by atoms with E-state index in [1.54, 1.807) is 0 Å². The molecule has 0 aliphatic heterocycles. The Morgan fingerprint density at radius 1 is 1.29 bits per heavy atom. The van der Waals surface area contributed by atoms with E-state index in [9.17, 15) is 0 Å². The van der Waals surface area contributed by atoms with E-state index in [4.69, 9.17) is 4.42 Å². The number of aromatic nitrogens is 1. The Morgan fingerprint density at radius 3 is 2.82 bits per heavy atom. The van der Waals surface area contributed by atoms with Gasteiger partial charge in [0.25, 0.3) is 0 Å². The zero-order chi connectivity index (χ0) is 12.5. The van der Waals surface area contributed by atoms with Crippen LogP contribution in [0.4, 0.5) is 0 Å². The van der Waals surface area contributed by atoms with Gasteiger partial charge >= 0.3 is 0 Å². The molecule has 98 valence electrons. The third kappa shape index (κ3) is 6.47. The molecule has 3 nitrogen and oxygen atoms in total. The van der Waals surface area contributed by atoms with Crippen LogP contribution < -0.4 is 5.32 Å². The molecule has 1 aromatic rings. The molecule has 0 amide bonds. The molecule has 0 fully saturated rings. The van der Waals surface area contributed by atoms with Gasteiger partial charge in [0.1, 0.15) is 5.76 Å². The van der Waals surface area contributed by atoms with Gasteiger partial charge in [-0.3, -0.25) is 0 Å². The van der Waals surface area contributed by atoms with Crippen molar-refractivity contribution in [2.24, 2.45) is 5.92 Å². The number of rotatable bonds is 9. The van der Waals surface area contributed by atoms with E-state index in [1.807, 2.05) is 6.20 Å². The average Bonchev–Trinajstić information content (AvgIpc) is 2.73. The first-order valence-corrected chi connectivity index (χ1v) is 6.86. The first-order chi connectivity index (χ1) is 8.22. The van der Waals surface area contributed by atoms with Crippen LogP contribution in [0.2, 0.25) is 0 Å². The number of unbranched alkanes of at least 4 members (excludes halogenated alkanes) is 1. The molecule has 1 aromatic heterocycles. The highest BCUT2D eigenvalue weighted by molar-refractivity contribution is 4.94. The van der Waals surface area contributed by atoms with Gasteiger partial charge in [0.2, 0.25) is 0 Å². The molecule has 0 bridgehead atoms. The highest BCUT2D eigenvalue weighted by Crippen LogP contribution is 2.09. The Balaban J connectivity index is 2.12. The fourth-order valence-electron chi connectivity index (χ4n) is 1.69. The molecule has 0 spiro atoms. The molecule has 17 heavy (non-hydrogen) atoms. The quantitative estimate of drug-likeness (QED) is 0.671. The van der Waals surface area contributed by atoms with Crippen molar-refractivity contribution < 1.29 is 4.42 Å². The fraction of sp³-hybridized carbons (Fsp3) is 0.786. The van der Waals surface area contributed by atoms with Gasteiger partial charge in [-0.25, -0.2) is 4.98 Å². The van der Waals surface area contributed by atoms with Gasteiger partial charge in [-0.05, 0) is 31.8 Å². The van der Waals surface area contributed by atoms with Gasteiger partial charge in [0.05, 0.1) is 6.20 Å². The minimum Gasteiger partial charge on any atom is -0.446 e. The summed E-state index contributed by atoms with van der Waals surface area (Å²) in [6, 6.07) is 0.